The van der Waals surface area contributed by atoms with Crippen LogP contribution in [-0.4, -0.2) is 0 Å². The van der Waals surface area contributed by atoms with E-state index in [2.05, 4.69) is 73.0 Å². The fraction of sp³-hybridized carbons (Fsp3) is 0.267. The van der Waals surface area contributed by atoms with Crippen LogP contribution in [0.1, 0.15) is 48.6 Å². The molecule has 2 heterocycles. The molecule has 0 N–H and O–H groups in total. The third-order valence-electron chi connectivity index (χ3n) is 6.90. The molecule has 1 aliphatic rings. The molecule has 0 amide bonds. The largest absolute Gasteiger partial charge is 0.143 e. The summed E-state index contributed by atoms with van der Waals surface area (Å²) in [6, 6.07) is 23.3. The number of benzene rings is 3. The van der Waals surface area contributed by atoms with E-state index in [-0.39, 0.29) is 0 Å². The highest BCUT2D eigenvalue weighted by atomic mass is 32.1. The van der Waals surface area contributed by atoms with Crippen LogP contribution in [0.3, 0.4) is 0 Å². The number of thiophene rings is 2. The third kappa shape index (κ3) is 3.50. The molecule has 0 atom stereocenters. The van der Waals surface area contributed by atoms with Gasteiger partial charge >= 0.3 is 0 Å². The molecule has 6 rings (SSSR count). The normalized spacial score (nSPS) is 12.2. The number of fused-ring (bicyclic) bond motifs is 8. The number of aryl methyl sites for hydroxylation is 3. The first kappa shape index (κ1) is 20.2. The zero-order valence-electron chi connectivity index (χ0n) is 18.6. The lowest BCUT2D eigenvalue weighted by Gasteiger charge is -2.25. The van der Waals surface area contributed by atoms with Crippen molar-refractivity contribution in [3.05, 3.63) is 82.0 Å². The predicted octanol–water partition coefficient (Wildman–Crippen LogP) is 9.67. The van der Waals surface area contributed by atoms with Crippen LogP contribution in [-0.2, 0) is 19.3 Å². The minimum atomic E-state index is 1.12. The van der Waals surface area contributed by atoms with E-state index in [0.29, 0.717) is 0 Å². The molecule has 0 aliphatic heterocycles. The van der Waals surface area contributed by atoms with Gasteiger partial charge in [-0.2, -0.15) is 0 Å². The van der Waals surface area contributed by atoms with Crippen molar-refractivity contribution in [2.24, 2.45) is 0 Å². The summed E-state index contributed by atoms with van der Waals surface area (Å²) >= 11 is 3.87. The Kier molecular flexibility index (Phi) is 5.37. The first-order valence-corrected chi connectivity index (χ1v) is 13.7. The topological polar surface area (TPSA) is 0 Å². The van der Waals surface area contributed by atoms with E-state index in [9.17, 15) is 0 Å². The van der Waals surface area contributed by atoms with Crippen LogP contribution in [0.5, 0.6) is 0 Å². The highest BCUT2D eigenvalue weighted by Crippen LogP contribution is 2.55. The molecule has 0 bridgehead atoms. The predicted molar refractivity (Wildman–Crippen MR) is 143 cm³/mol. The molecular weight excluding hydrogens is 424 g/mol. The van der Waals surface area contributed by atoms with Gasteiger partial charge in [0.25, 0.3) is 0 Å². The van der Waals surface area contributed by atoms with Crippen molar-refractivity contribution in [2.45, 2.75) is 51.9 Å². The standard InChI is InChI=1S/C30H28S2/c1-2-3-4-5-6-20-7-9-21(10-8-20)11-14-24-19-23-13-16-26-27-25(28(26)30(23)32-24)15-12-22-17-18-31-29(22)27/h7-10,12-13,15-19H,2-6,11,14H2,1H3. The van der Waals surface area contributed by atoms with Gasteiger partial charge in [-0.15, -0.1) is 22.7 Å². The van der Waals surface area contributed by atoms with Crippen LogP contribution >= 0.6 is 22.7 Å². The van der Waals surface area contributed by atoms with Crippen molar-refractivity contribution >= 4 is 42.8 Å². The van der Waals surface area contributed by atoms with Crippen LogP contribution in [0, 0.1) is 0 Å². The summed E-state index contributed by atoms with van der Waals surface area (Å²) in [5.74, 6) is 0. The molecule has 0 saturated heterocycles. The highest BCUT2D eigenvalue weighted by Gasteiger charge is 2.28. The molecule has 160 valence electrons. The van der Waals surface area contributed by atoms with E-state index in [1.807, 2.05) is 22.7 Å². The van der Waals surface area contributed by atoms with E-state index in [1.165, 1.54) is 90.5 Å². The van der Waals surface area contributed by atoms with Gasteiger partial charge in [0, 0.05) is 25.4 Å². The molecule has 0 nitrogen and oxygen atoms in total. The molecular formula is C30H28S2. The fourth-order valence-corrected chi connectivity index (χ4v) is 7.28. The quantitative estimate of drug-likeness (QED) is 0.202. The number of unbranched alkanes of at least 4 members (excludes halogenated alkanes) is 3. The summed E-state index contributed by atoms with van der Waals surface area (Å²) < 4.78 is 2.92. The summed E-state index contributed by atoms with van der Waals surface area (Å²) in [6.07, 6.45) is 8.82. The Labute approximate surface area is 198 Å². The maximum absolute atomic E-state index is 2.42. The molecule has 0 spiro atoms. The Balaban J connectivity index is 1.18. The van der Waals surface area contributed by atoms with Crippen LogP contribution in [0.4, 0.5) is 0 Å². The molecule has 2 aromatic heterocycles. The molecule has 32 heavy (non-hydrogen) atoms. The first-order chi connectivity index (χ1) is 15.8. The van der Waals surface area contributed by atoms with E-state index in [1.54, 1.807) is 0 Å². The zero-order chi connectivity index (χ0) is 21.5. The summed E-state index contributed by atoms with van der Waals surface area (Å²) in [6.45, 7) is 2.28. The van der Waals surface area contributed by atoms with Gasteiger partial charge in [-0.3, -0.25) is 0 Å². The Morgan fingerprint density at radius 3 is 2.12 bits per heavy atom. The van der Waals surface area contributed by atoms with Crippen LogP contribution in [0.2, 0.25) is 0 Å². The molecule has 0 unspecified atom stereocenters. The Morgan fingerprint density at radius 1 is 0.625 bits per heavy atom. The summed E-state index contributed by atoms with van der Waals surface area (Å²) in [7, 11) is 0. The zero-order valence-corrected chi connectivity index (χ0v) is 20.3. The SMILES string of the molecule is CCCCCCc1ccc(CCc2cc3ccc4c(c3s2)-c2ccc3ccsc3c2-4)cc1. The van der Waals surface area contributed by atoms with Gasteiger partial charge in [-0.1, -0.05) is 74.7 Å². The second-order valence-electron chi connectivity index (χ2n) is 9.07. The van der Waals surface area contributed by atoms with Crippen LogP contribution < -0.4 is 0 Å². The molecule has 0 radical (unpaired) electrons. The monoisotopic (exact) mass is 452 g/mol. The van der Waals surface area contributed by atoms with Gasteiger partial charge in [0.1, 0.15) is 0 Å². The lowest BCUT2D eigenvalue weighted by molar-refractivity contribution is 0.667. The van der Waals surface area contributed by atoms with E-state index >= 15 is 0 Å². The molecule has 1 aliphatic carbocycles. The van der Waals surface area contributed by atoms with Crippen LogP contribution in [0.15, 0.2) is 66.0 Å². The van der Waals surface area contributed by atoms with Crippen molar-refractivity contribution in [3.8, 4) is 22.3 Å². The molecule has 2 heteroatoms. The van der Waals surface area contributed by atoms with Gasteiger partial charge in [0.05, 0.1) is 0 Å². The van der Waals surface area contributed by atoms with Crippen molar-refractivity contribution < 1.29 is 0 Å². The van der Waals surface area contributed by atoms with Crippen molar-refractivity contribution in [1.82, 2.24) is 0 Å². The van der Waals surface area contributed by atoms with E-state index in [4.69, 9.17) is 0 Å². The van der Waals surface area contributed by atoms with Crippen molar-refractivity contribution in [1.29, 1.82) is 0 Å². The maximum Gasteiger partial charge on any atom is 0.0430 e. The number of rotatable bonds is 8. The minimum absolute atomic E-state index is 1.12. The fourth-order valence-electron chi connectivity index (χ4n) is 5.10. The number of hydrogen-bond donors (Lipinski definition) is 0. The number of hydrogen-bond acceptors (Lipinski definition) is 2. The second kappa shape index (κ2) is 8.50. The van der Waals surface area contributed by atoms with Crippen molar-refractivity contribution in [2.75, 3.05) is 0 Å². The van der Waals surface area contributed by atoms with Gasteiger partial charge in [0.2, 0.25) is 0 Å². The van der Waals surface area contributed by atoms with Crippen molar-refractivity contribution in [3.63, 3.8) is 0 Å². The van der Waals surface area contributed by atoms with Gasteiger partial charge in [0.15, 0.2) is 0 Å². The highest BCUT2D eigenvalue weighted by molar-refractivity contribution is 7.20. The third-order valence-corrected chi connectivity index (χ3v) is 9.08. The van der Waals surface area contributed by atoms with Gasteiger partial charge in [-0.25, -0.2) is 0 Å². The summed E-state index contributed by atoms with van der Waals surface area (Å²) in [4.78, 5) is 1.50. The smallest absolute Gasteiger partial charge is 0.0430 e. The van der Waals surface area contributed by atoms with E-state index in [0.717, 1.165) is 12.8 Å². The Hall–Kier alpha value is -2.42. The lowest BCUT2D eigenvalue weighted by atomic mass is 9.79. The second-order valence-corrected chi connectivity index (χ2v) is 11.1. The average molecular weight is 453 g/mol. The molecule has 3 aromatic carbocycles. The Bertz CT molecular complexity index is 1400. The first-order valence-electron chi connectivity index (χ1n) is 12.0. The van der Waals surface area contributed by atoms with Gasteiger partial charge in [-0.05, 0) is 76.2 Å². The lowest BCUT2D eigenvalue weighted by Crippen LogP contribution is -1.98. The summed E-state index contributed by atoms with van der Waals surface area (Å²) in [5.41, 5.74) is 8.80. The maximum atomic E-state index is 2.42. The summed E-state index contributed by atoms with van der Waals surface area (Å²) in [5, 5.41) is 4.99. The minimum Gasteiger partial charge on any atom is -0.143 e. The molecule has 5 aromatic rings. The molecule has 0 fully saturated rings. The van der Waals surface area contributed by atoms with E-state index < -0.39 is 0 Å². The van der Waals surface area contributed by atoms with Crippen LogP contribution in [0.25, 0.3) is 42.4 Å². The van der Waals surface area contributed by atoms with Gasteiger partial charge < -0.3 is 0 Å². The average Bonchev–Trinajstić information content (AvgIpc) is 3.44. The Morgan fingerprint density at radius 2 is 1.34 bits per heavy atom. The molecule has 0 saturated carbocycles.